The highest BCUT2D eigenvalue weighted by Crippen LogP contribution is 2.39. The normalized spacial score (nSPS) is 25.2. The van der Waals surface area contributed by atoms with Gasteiger partial charge in [-0.1, -0.05) is 13.8 Å². The van der Waals surface area contributed by atoms with E-state index >= 15 is 0 Å². The second-order valence-electron chi connectivity index (χ2n) is 4.91. The van der Waals surface area contributed by atoms with Gasteiger partial charge < -0.3 is 9.80 Å². The molecule has 3 nitrogen and oxygen atoms in total. The molecule has 0 atom stereocenters. The molecule has 94 valence electrons. The quantitative estimate of drug-likeness (QED) is 0.630. The molecular formula is C13H26N2O. The fourth-order valence-corrected chi connectivity index (χ4v) is 2.78. The maximum Gasteiger partial charge on any atom is 0.228 e. The monoisotopic (exact) mass is 226 g/mol. The lowest BCUT2D eigenvalue weighted by Gasteiger charge is -2.44. The summed E-state index contributed by atoms with van der Waals surface area (Å²) in [5.41, 5.74) is 0.0134. The van der Waals surface area contributed by atoms with Crippen LogP contribution in [0.25, 0.3) is 0 Å². The molecule has 0 aromatic carbocycles. The van der Waals surface area contributed by atoms with E-state index in [2.05, 4.69) is 11.9 Å². The van der Waals surface area contributed by atoms with Gasteiger partial charge in [0, 0.05) is 13.6 Å². The maximum absolute atomic E-state index is 12.1. The van der Waals surface area contributed by atoms with Gasteiger partial charge in [-0.15, -0.1) is 0 Å². The predicted molar refractivity (Wildman–Crippen MR) is 67.4 cm³/mol. The van der Waals surface area contributed by atoms with Crippen LogP contribution in [0.3, 0.4) is 0 Å². The molecule has 2 aliphatic heterocycles. The summed E-state index contributed by atoms with van der Waals surface area (Å²) in [7, 11) is 4.09. The molecule has 1 spiro atoms. The summed E-state index contributed by atoms with van der Waals surface area (Å²) < 4.78 is 0. The van der Waals surface area contributed by atoms with E-state index in [1.807, 2.05) is 25.8 Å². The Morgan fingerprint density at radius 2 is 1.56 bits per heavy atom. The Morgan fingerprint density at radius 1 is 1.00 bits per heavy atom. The van der Waals surface area contributed by atoms with Gasteiger partial charge in [-0.25, -0.2) is 0 Å². The fraction of sp³-hybridized carbons (Fsp3) is 0.923. The Labute approximate surface area is 99.8 Å². The van der Waals surface area contributed by atoms with Crippen molar-refractivity contribution in [2.24, 2.45) is 5.41 Å². The summed E-state index contributed by atoms with van der Waals surface area (Å²) in [5, 5.41) is 0. The Balaban J connectivity index is 0.000000606. The molecule has 2 fully saturated rings. The van der Waals surface area contributed by atoms with Crippen molar-refractivity contribution in [1.82, 2.24) is 9.80 Å². The lowest BCUT2D eigenvalue weighted by molar-refractivity contribution is -0.148. The lowest BCUT2D eigenvalue weighted by atomic mass is 9.72. The highest BCUT2D eigenvalue weighted by molar-refractivity contribution is 5.83. The summed E-state index contributed by atoms with van der Waals surface area (Å²) in [4.78, 5) is 16.4. The van der Waals surface area contributed by atoms with Crippen molar-refractivity contribution < 1.29 is 4.79 Å². The van der Waals surface area contributed by atoms with Crippen LogP contribution in [0.4, 0.5) is 0 Å². The first-order valence-corrected chi connectivity index (χ1v) is 6.58. The van der Waals surface area contributed by atoms with E-state index in [0.717, 1.165) is 38.9 Å². The van der Waals surface area contributed by atoms with E-state index in [9.17, 15) is 4.79 Å². The van der Waals surface area contributed by atoms with E-state index in [4.69, 9.17) is 0 Å². The number of likely N-dealkylation sites (tertiary alicyclic amines) is 2. The van der Waals surface area contributed by atoms with Crippen molar-refractivity contribution in [3.8, 4) is 0 Å². The molecule has 2 aliphatic rings. The number of carbonyl (C=O) groups excluding carboxylic acids is 1. The molecule has 0 bridgehead atoms. The van der Waals surface area contributed by atoms with Crippen LogP contribution in [0.2, 0.25) is 0 Å². The molecule has 16 heavy (non-hydrogen) atoms. The van der Waals surface area contributed by atoms with E-state index < -0.39 is 0 Å². The number of piperidine rings is 2. The lowest BCUT2D eigenvalue weighted by Crippen LogP contribution is -2.51. The summed E-state index contributed by atoms with van der Waals surface area (Å²) in [6.45, 7) is 7.12. The van der Waals surface area contributed by atoms with Crippen molar-refractivity contribution in [3.63, 3.8) is 0 Å². The van der Waals surface area contributed by atoms with Crippen molar-refractivity contribution in [3.05, 3.63) is 0 Å². The van der Waals surface area contributed by atoms with Gasteiger partial charge in [0.2, 0.25) is 5.91 Å². The Kier molecular flexibility index (Phi) is 4.78. The first-order valence-electron chi connectivity index (χ1n) is 6.58. The number of nitrogens with zero attached hydrogens (tertiary/aromatic N) is 2. The minimum absolute atomic E-state index is 0.0134. The minimum Gasteiger partial charge on any atom is -0.345 e. The summed E-state index contributed by atoms with van der Waals surface area (Å²) >= 11 is 0. The third kappa shape index (κ3) is 2.57. The summed E-state index contributed by atoms with van der Waals surface area (Å²) in [6, 6.07) is 0. The van der Waals surface area contributed by atoms with Gasteiger partial charge >= 0.3 is 0 Å². The van der Waals surface area contributed by atoms with Crippen LogP contribution in [0.5, 0.6) is 0 Å². The van der Waals surface area contributed by atoms with Crippen LogP contribution in [-0.2, 0) is 4.79 Å². The highest BCUT2D eigenvalue weighted by Gasteiger charge is 2.43. The van der Waals surface area contributed by atoms with Crippen LogP contribution < -0.4 is 0 Å². The number of hydrogen-bond donors (Lipinski definition) is 0. The summed E-state index contributed by atoms with van der Waals surface area (Å²) in [5.74, 6) is 0.400. The topological polar surface area (TPSA) is 23.6 Å². The Morgan fingerprint density at radius 3 is 2.12 bits per heavy atom. The van der Waals surface area contributed by atoms with Crippen LogP contribution in [-0.4, -0.2) is 49.4 Å². The first-order chi connectivity index (χ1) is 7.64. The van der Waals surface area contributed by atoms with E-state index in [-0.39, 0.29) is 5.41 Å². The van der Waals surface area contributed by atoms with Crippen molar-refractivity contribution in [2.75, 3.05) is 33.7 Å². The van der Waals surface area contributed by atoms with Gasteiger partial charge in [-0.05, 0) is 45.8 Å². The average Bonchev–Trinajstić information content (AvgIpc) is 2.32. The molecule has 0 saturated carbocycles. The molecular weight excluding hydrogens is 200 g/mol. The molecule has 2 saturated heterocycles. The SMILES string of the molecule is CC.CN1CCC2(CCCN(C)C2=O)CC1. The molecule has 0 radical (unpaired) electrons. The van der Waals surface area contributed by atoms with Gasteiger partial charge in [-0.3, -0.25) is 4.79 Å². The van der Waals surface area contributed by atoms with E-state index in [1.165, 1.54) is 6.42 Å². The summed E-state index contributed by atoms with van der Waals surface area (Å²) in [6.07, 6.45) is 4.43. The van der Waals surface area contributed by atoms with Gasteiger partial charge in [0.1, 0.15) is 0 Å². The van der Waals surface area contributed by atoms with Gasteiger partial charge in [0.25, 0.3) is 0 Å². The van der Waals surface area contributed by atoms with Crippen LogP contribution in [0.15, 0.2) is 0 Å². The molecule has 2 heterocycles. The Hall–Kier alpha value is -0.570. The highest BCUT2D eigenvalue weighted by atomic mass is 16.2. The van der Waals surface area contributed by atoms with Crippen LogP contribution in [0, 0.1) is 5.41 Å². The number of carbonyl (C=O) groups is 1. The van der Waals surface area contributed by atoms with Crippen molar-refractivity contribution in [1.29, 1.82) is 0 Å². The van der Waals surface area contributed by atoms with Crippen molar-refractivity contribution in [2.45, 2.75) is 39.5 Å². The zero-order chi connectivity index (χ0) is 12.2. The van der Waals surface area contributed by atoms with E-state index in [0.29, 0.717) is 5.91 Å². The smallest absolute Gasteiger partial charge is 0.228 e. The molecule has 3 heteroatoms. The zero-order valence-corrected chi connectivity index (χ0v) is 11.3. The fourth-order valence-electron chi connectivity index (χ4n) is 2.78. The maximum atomic E-state index is 12.1. The third-order valence-corrected chi connectivity index (χ3v) is 3.89. The number of hydrogen-bond acceptors (Lipinski definition) is 2. The molecule has 0 aromatic rings. The molecule has 0 unspecified atom stereocenters. The standard InChI is InChI=1S/C11H20N2O.C2H6/c1-12-8-5-11(6-9-12)4-3-7-13(2)10(11)14;1-2/h3-9H2,1-2H3;1-2H3. The van der Waals surface area contributed by atoms with Gasteiger partial charge in [-0.2, -0.15) is 0 Å². The average molecular weight is 226 g/mol. The largest absolute Gasteiger partial charge is 0.345 e. The molecule has 0 aromatic heterocycles. The van der Waals surface area contributed by atoms with Gasteiger partial charge in [0.15, 0.2) is 0 Å². The number of amides is 1. The molecule has 0 N–H and O–H groups in total. The molecule has 0 aliphatic carbocycles. The molecule has 2 rings (SSSR count). The van der Waals surface area contributed by atoms with E-state index in [1.54, 1.807) is 0 Å². The van der Waals surface area contributed by atoms with Crippen LogP contribution in [0.1, 0.15) is 39.5 Å². The van der Waals surface area contributed by atoms with Crippen LogP contribution >= 0.6 is 0 Å². The zero-order valence-electron chi connectivity index (χ0n) is 11.3. The van der Waals surface area contributed by atoms with Gasteiger partial charge in [0.05, 0.1) is 5.41 Å². The predicted octanol–water partition coefficient (Wildman–Crippen LogP) is 1.98. The molecule has 1 amide bonds. The Bertz CT molecular complexity index is 232. The second-order valence-corrected chi connectivity index (χ2v) is 4.91. The number of rotatable bonds is 0. The third-order valence-electron chi connectivity index (χ3n) is 3.89. The second kappa shape index (κ2) is 5.67. The van der Waals surface area contributed by atoms with Crippen molar-refractivity contribution >= 4 is 5.91 Å². The first kappa shape index (κ1) is 13.5. The minimum atomic E-state index is 0.0134.